The molecular weight excluding hydrogens is 418 g/mol. The predicted octanol–water partition coefficient (Wildman–Crippen LogP) is 4.32. The molecule has 2 amide bonds. The summed E-state index contributed by atoms with van der Waals surface area (Å²) in [4.78, 5) is 22.5. The number of aromatic nitrogens is 2. The molecule has 1 aromatic heterocycles. The summed E-state index contributed by atoms with van der Waals surface area (Å²) in [5, 5.41) is 4.53. The molecule has 7 rings (SSSR count). The van der Waals surface area contributed by atoms with Gasteiger partial charge < -0.3 is 15.1 Å². The van der Waals surface area contributed by atoms with Gasteiger partial charge >= 0.3 is 6.03 Å². The van der Waals surface area contributed by atoms with Gasteiger partial charge in [-0.25, -0.2) is 9.78 Å². The first-order chi connectivity index (χ1) is 15.6. The molecule has 0 radical (unpaired) electrons. The van der Waals surface area contributed by atoms with Gasteiger partial charge in [0.15, 0.2) is 0 Å². The monoisotopic (exact) mass is 451 g/mol. The van der Waals surface area contributed by atoms with Crippen molar-refractivity contribution in [1.82, 2.24) is 19.6 Å². The second-order valence-electron chi connectivity index (χ2n) is 10.8. The molecule has 1 aliphatic heterocycles. The molecule has 1 N–H and O–H groups in total. The summed E-state index contributed by atoms with van der Waals surface area (Å²) in [6.07, 6.45) is 8.57. The normalized spacial score (nSPS) is 33.5. The maximum atomic E-state index is 13.3. The number of carbonyl (C=O) groups excluding carboxylic acids is 1. The van der Waals surface area contributed by atoms with E-state index in [1.807, 2.05) is 6.07 Å². The average Bonchev–Trinajstić information content (AvgIpc) is 3.21. The number of rotatable bonds is 4. The lowest BCUT2D eigenvalue weighted by Crippen LogP contribution is -2.64. The van der Waals surface area contributed by atoms with E-state index in [2.05, 4.69) is 50.7 Å². The predicted molar refractivity (Wildman–Crippen MR) is 127 cm³/mol. The third-order valence-electron chi connectivity index (χ3n) is 8.23. The number of nitrogens with one attached hydrogen (secondary N) is 1. The second kappa shape index (κ2) is 8.01. The summed E-state index contributed by atoms with van der Waals surface area (Å²) in [7, 11) is 0. The Bertz CT molecular complexity index is 940. The van der Waals surface area contributed by atoms with Crippen LogP contribution in [-0.2, 0) is 6.42 Å². The van der Waals surface area contributed by atoms with E-state index in [1.165, 1.54) is 55.6 Å². The average molecular weight is 452 g/mol. The molecule has 7 heteroatoms. The van der Waals surface area contributed by atoms with Crippen molar-refractivity contribution in [2.24, 2.45) is 17.8 Å². The van der Waals surface area contributed by atoms with E-state index in [1.54, 1.807) is 0 Å². The van der Waals surface area contributed by atoms with Gasteiger partial charge in [-0.1, -0.05) is 30.3 Å². The smallest absolute Gasteiger partial charge is 0.318 e. The molecule has 1 saturated heterocycles. The van der Waals surface area contributed by atoms with Crippen molar-refractivity contribution >= 4 is 22.7 Å². The van der Waals surface area contributed by atoms with Crippen LogP contribution in [0.5, 0.6) is 0 Å². The molecule has 170 valence electrons. The molecule has 5 aliphatic rings. The van der Waals surface area contributed by atoms with Crippen LogP contribution in [0.2, 0.25) is 0 Å². The fraction of sp³-hybridized carbons (Fsp3) is 0.640. The summed E-state index contributed by atoms with van der Waals surface area (Å²) in [6.45, 7) is 4.54. The number of piperazine rings is 1. The van der Waals surface area contributed by atoms with E-state index < -0.39 is 0 Å². The Balaban J connectivity index is 1.07. The number of nitrogens with zero attached hydrogens (tertiary/aromatic N) is 4. The van der Waals surface area contributed by atoms with Crippen molar-refractivity contribution in [2.75, 3.05) is 24.5 Å². The largest absolute Gasteiger partial charge is 0.343 e. The van der Waals surface area contributed by atoms with Gasteiger partial charge in [0, 0.05) is 49.2 Å². The zero-order chi connectivity index (χ0) is 21.7. The molecule has 1 unspecified atom stereocenters. The van der Waals surface area contributed by atoms with Crippen molar-refractivity contribution in [3.05, 3.63) is 41.7 Å². The summed E-state index contributed by atoms with van der Waals surface area (Å²) >= 11 is 1.48. The van der Waals surface area contributed by atoms with Gasteiger partial charge in [-0.2, -0.15) is 4.37 Å². The number of amides is 2. The number of benzene rings is 1. The van der Waals surface area contributed by atoms with Crippen LogP contribution in [0.3, 0.4) is 0 Å². The Morgan fingerprint density at radius 1 is 1.09 bits per heavy atom. The molecule has 2 heterocycles. The van der Waals surface area contributed by atoms with Crippen molar-refractivity contribution in [3.8, 4) is 0 Å². The maximum Gasteiger partial charge on any atom is 0.318 e. The Kier molecular flexibility index (Phi) is 5.12. The highest BCUT2D eigenvalue weighted by molar-refractivity contribution is 7.09. The van der Waals surface area contributed by atoms with E-state index in [9.17, 15) is 4.79 Å². The number of urea groups is 1. The Morgan fingerprint density at radius 3 is 2.44 bits per heavy atom. The zero-order valence-electron chi connectivity index (χ0n) is 18.9. The summed E-state index contributed by atoms with van der Waals surface area (Å²) in [5.74, 6) is 3.42. The van der Waals surface area contributed by atoms with Crippen LogP contribution >= 0.6 is 11.5 Å². The van der Waals surface area contributed by atoms with E-state index in [0.717, 1.165) is 54.8 Å². The highest BCUT2D eigenvalue weighted by Gasteiger charge is 2.52. The van der Waals surface area contributed by atoms with Crippen LogP contribution in [0.1, 0.15) is 56.8 Å². The summed E-state index contributed by atoms with van der Waals surface area (Å²) < 4.78 is 4.58. The van der Waals surface area contributed by atoms with E-state index >= 15 is 0 Å². The maximum absolute atomic E-state index is 13.3. The second-order valence-corrected chi connectivity index (χ2v) is 11.5. The highest BCUT2D eigenvalue weighted by Crippen LogP contribution is 2.55. The van der Waals surface area contributed by atoms with Crippen LogP contribution in [-0.4, -0.2) is 51.5 Å². The van der Waals surface area contributed by atoms with Crippen LogP contribution < -0.4 is 10.2 Å². The fourth-order valence-electron chi connectivity index (χ4n) is 7.22. The Hall–Kier alpha value is -2.15. The van der Waals surface area contributed by atoms with Crippen molar-refractivity contribution in [1.29, 1.82) is 0 Å². The van der Waals surface area contributed by atoms with Gasteiger partial charge in [0.05, 0.1) is 0 Å². The zero-order valence-corrected chi connectivity index (χ0v) is 19.7. The van der Waals surface area contributed by atoms with Crippen molar-refractivity contribution < 1.29 is 4.79 Å². The number of hydrogen-bond acceptors (Lipinski definition) is 5. The van der Waals surface area contributed by atoms with Crippen LogP contribution in [0.25, 0.3) is 0 Å². The first-order valence-corrected chi connectivity index (χ1v) is 13.0. The van der Waals surface area contributed by atoms with Crippen molar-refractivity contribution in [3.63, 3.8) is 0 Å². The first kappa shape index (κ1) is 20.5. The lowest BCUT2D eigenvalue weighted by atomic mass is 9.53. The van der Waals surface area contributed by atoms with Gasteiger partial charge in [-0.05, 0) is 68.8 Å². The van der Waals surface area contributed by atoms with E-state index in [0.29, 0.717) is 0 Å². The molecule has 1 atom stereocenters. The minimum absolute atomic E-state index is 0.0776. The van der Waals surface area contributed by atoms with Crippen LogP contribution in [0.15, 0.2) is 30.3 Å². The molecule has 6 nitrogen and oxygen atoms in total. The van der Waals surface area contributed by atoms with Gasteiger partial charge in [0.1, 0.15) is 5.82 Å². The molecule has 4 bridgehead atoms. The molecule has 0 spiro atoms. The van der Waals surface area contributed by atoms with Crippen LogP contribution in [0, 0.1) is 17.8 Å². The first-order valence-electron chi connectivity index (χ1n) is 12.3. The summed E-state index contributed by atoms with van der Waals surface area (Å²) in [5.41, 5.74) is 1.31. The minimum Gasteiger partial charge on any atom is -0.343 e. The third kappa shape index (κ3) is 3.89. The fourth-order valence-corrected chi connectivity index (χ4v) is 7.94. The van der Waals surface area contributed by atoms with Crippen LogP contribution in [0.4, 0.5) is 9.93 Å². The molecule has 4 aliphatic carbocycles. The number of anilines is 1. The van der Waals surface area contributed by atoms with Gasteiger partial charge in [-0.3, -0.25) is 0 Å². The lowest BCUT2D eigenvalue weighted by Gasteiger charge is -2.57. The minimum atomic E-state index is 0.0776. The van der Waals surface area contributed by atoms with E-state index in [4.69, 9.17) is 4.98 Å². The number of hydrogen-bond donors (Lipinski definition) is 1. The molecule has 1 aromatic carbocycles. The summed E-state index contributed by atoms with van der Waals surface area (Å²) in [6, 6.07) is 10.7. The number of carbonyl (C=O) groups is 1. The molecule has 5 fully saturated rings. The van der Waals surface area contributed by atoms with Crippen molar-refractivity contribution in [2.45, 2.75) is 63.5 Å². The Labute approximate surface area is 194 Å². The topological polar surface area (TPSA) is 61.4 Å². The van der Waals surface area contributed by atoms with Gasteiger partial charge in [-0.15, -0.1) is 0 Å². The quantitative estimate of drug-likeness (QED) is 0.752. The molecular formula is C25H33N5OS. The van der Waals surface area contributed by atoms with Gasteiger partial charge in [0.2, 0.25) is 5.13 Å². The standard InChI is InChI=1S/C25H33N5OS/c1-17-16-29(24-26-22(28-32-24)12-18-5-3-2-4-6-18)7-8-30(17)23(31)27-25-13-19-9-20(14-25)11-21(10-19)15-25/h2-6,17,19-21H,7-16H2,1H3,(H,27,31). The van der Waals surface area contributed by atoms with E-state index in [-0.39, 0.29) is 17.6 Å². The molecule has 4 saturated carbocycles. The highest BCUT2D eigenvalue weighted by atomic mass is 32.1. The molecule has 2 aromatic rings. The Morgan fingerprint density at radius 2 is 1.78 bits per heavy atom. The SMILES string of the molecule is CC1CN(c2nc(Cc3ccccc3)ns2)CCN1C(=O)NC12CC3CC(CC(C3)C1)C2. The van der Waals surface area contributed by atoms with Gasteiger partial charge in [0.25, 0.3) is 0 Å². The molecule has 32 heavy (non-hydrogen) atoms. The third-order valence-corrected chi connectivity index (χ3v) is 9.05. The lowest BCUT2D eigenvalue weighted by molar-refractivity contribution is -0.0164.